The number of aliphatic hydroxyl groups is 1. The number of rotatable bonds is 3. The van der Waals surface area contributed by atoms with Crippen LogP contribution in [-0.4, -0.2) is 34.8 Å². The third-order valence-corrected chi connectivity index (χ3v) is 3.97. The highest BCUT2D eigenvalue weighted by Gasteiger charge is 2.42. The maximum Gasteiger partial charge on any atom is 0.255 e. The normalized spacial score (nSPS) is 18.5. The topological polar surface area (TPSA) is 81.6 Å². The van der Waals surface area contributed by atoms with Gasteiger partial charge in [0.05, 0.1) is 16.1 Å². The van der Waals surface area contributed by atoms with Gasteiger partial charge in [-0.2, -0.15) is 0 Å². The lowest BCUT2D eigenvalue weighted by molar-refractivity contribution is -0.145. The molecular weight excluding hydrogens is 291 g/mol. The zero-order valence-corrected chi connectivity index (χ0v) is 11.7. The van der Waals surface area contributed by atoms with Crippen molar-refractivity contribution in [2.45, 2.75) is 18.6 Å². The van der Waals surface area contributed by atoms with Crippen LogP contribution in [0.15, 0.2) is 12.1 Å². The Morgan fingerprint density at radius 1 is 1.47 bits per heavy atom. The van der Waals surface area contributed by atoms with Crippen molar-refractivity contribution >= 4 is 29.1 Å². The third-order valence-electron chi connectivity index (χ3n) is 3.15. The minimum Gasteiger partial charge on any atom is -0.508 e. The summed E-state index contributed by atoms with van der Waals surface area (Å²) in [6.07, 6.45) is 0. The van der Waals surface area contributed by atoms with Gasteiger partial charge in [-0.25, -0.2) is 0 Å². The fraction of sp³-hybridized carbons (Fsp3) is 0.417. The van der Waals surface area contributed by atoms with Crippen LogP contribution in [0, 0.1) is 0 Å². The molecule has 0 aliphatic carbocycles. The summed E-state index contributed by atoms with van der Waals surface area (Å²) >= 11 is 11.9. The van der Waals surface area contributed by atoms with E-state index in [1.807, 2.05) is 0 Å². The molecule has 1 aromatic carbocycles. The number of hydrogen-bond acceptors (Lipinski definition) is 4. The number of β-amino-alcohol motifs (C(OH)–C–C–N with tert-alkyl or cyclic N) is 1. The molecule has 1 aromatic rings. The molecule has 7 heteroatoms. The predicted molar refractivity (Wildman–Crippen MR) is 72.5 cm³/mol. The molecule has 4 N–H and O–H groups in total. The second-order valence-electron chi connectivity index (χ2n) is 4.62. The Balaban J connectivity index is 2.18. The van der Waals surface area contributed by atoms with Crippen LogP contribution in [0.5, 0.6) is 5.75 Å². The number of carbonyl (C=O) groups is 1. The molecule has 0 unspecified atom stereocenters. The van der Waals surface area contributed by atoms with Crippen LogP contribution < -0.4 is 10.6 Å². The number of aromatic hydroxyl groups is 1. The summed E-state index contributed by atoms with van der Waals surface area (Å²) in [5.41, 5.74) is -1.06. The van der Waals surface area contributed by atoms with E-state index in [2.05, 4.69) is 10.6 Å². The van der Waals surface area contributed by atoms with Crippen molar-refractivity contribution in [1.82, 2.24) is 10.6 Å². The number of amides is 1. The molecule has 0 saturated carbocycles. The van der Waals surface area contributed by atoms with Gasteiger partial charge in [0.2, 0.25) is 0 Å². The van der Waals surface area contributed by atoms with Crippen molar-refractivity contribution in [3.8, 4) is 5.75 Å². The first kappa shape index (κ1) is 14.4. The van der Waals surface area contributed by atoms with Crippen LogP contribution in [-0.2, 0) is 4.79 Å². The Morgan fingerprint density at radius 3 is 2.63 bits per heavy atom. The molecule has 1 atom stereocenters. The summed E-state index contributed by atoms with van der Waals surface area (Å²) in [5, 5.41) is 25.6. The van der Waals surface area contributed by atoms with Crippen LogP contribution in [0.4, 0.5) is 0 Å². The molecular formula is C12H14Cl2N2O3. The molecule has 1 aliphatic rings. The molecule has 0 aromatic heterocycles. The zero-order valence-electron chi connectivity index (χ0n) is 10.2. The predicted octanol–water partition coefficient (Wildman–Crippen LogP) is 1.21. The van der Waals surface area contributed by atoms with Gasteiger partial charge in [-0.3, -0.25) is 4.79 Å². The van der Waals surface area contributed by atoms with E-state index in [9.17, 15) is 15.0 Å². The van der Waals surface area contributed by atoms with Gasteiger partial charge < -0.3 is 20.8 Å². The molecule has 1 aliphatic heterocycles. The molecule has 1 heterocycles. The Kier molecular flexibility index (Phi) is 3.92. The van der Waals surface area contributed by atoms with Crippen molar-refractivity contribution < 1.29 is 15.0 Å². The third kappa shape index (κ3) is 2.65. The summed E-state index contributed by atoms with van der Waals surface area (Å²) in [6, 6.07) is 2.32. The van der Waals surface area contributed by atoms with Crippen LogP contribution in [0.25, 0.3) is 0 Å². The molecule has 1 saturated heterocycles. The van der Waals surface area contributed by atoms with Crippen LogP contribution in [0.2, 0.25) is 10.0 Å². The summed E-state index contributed by atoms with van der Waals surface area (Å²) in [6.45, 7) is 2.08. The Bertz CT molecular complexity index is 518. The van der Waals surface area contributed by atoms with Crippen LogP contribution in [0.1, 0.15) is 18.5 Å². The molecule has 0 bridgehead atoms. The Hall–Kier alpha value is -1.01. The maximum atomic E-state index is 11.9. The summed E-state index contributed by atoms with van der Waals surface area (Å²) in [7, 11) is 0. The lowest BCUT2D eigenvalue weighted by Crippen LogP contribution is -2.67. The van der Waals surface area contributed by atoms with Crippen molar-refractivity contribution in [3.05, 3.63) is 27.7 Å². The first-order valence-corrected chi connectivity index (χ1v) is 6.51. The number of benzene rings is 1. The molecule has 0 spiro atoms. The van der Waals surface area contributed by atoms with E-state index in [1.165, 1.54) is 12.1 Å². The number of phenols is 1. The van der Waals surface area contributed by atoms with Crippen molar-refractivity contribution in [2.75, 3.05) is 13.1 Å². The first-order valence-electron chi connectivity index (χ1n) is 5.76. The summed E-state index contributed by atoms with van der Waals surface area (Å²) < 4.78 is 0. The largest absolute Gasteiger partial charge is 0.508 e. The molecule has 19 heavy (non-hydrogen) atoms. The second-order valence-corrected chi connectivity index (χ2v) is 5.41. The SMILES string of the molecule is C[C@H](NC(=O)C1(O)CNC1)c1c(O)ccc(Cl)c1Cl. The van der Waals surface area contributed by atoms with Gasteiger partial charge in [-0.05, 0) is 19.1 Å². The summed E-state index contributed by atoms with van der Waals surface area (Å²) in [5.74, 6) is -0.560. The second kappa shape index (κ2) is 5.17. The van der Waals surface area contributed by atoms with Gasteiger partial charge in [0.1, 0.15) is 5.75 Å². The first-order chi connectivity index (χ1) is 8.85. The highest BCUT2D eigenvalue weighted by Crippen LogP contribution is 2.36. The average molecular weight is 305 g/mol. The monoisotopic (exact) mass is 304 g/mol. The van der Waals surface area contributed by atoms with Crippen molar-refractivity contribution in [1.29, 1.82) is 0 Å². The van der Waals surface area contributed by atoms with Gasteiger partial charge in [0.25, 0.3) is 5.91 Å². The minimum absolute atomic E-state index is 0.0547. The maximum absolute atomic E-state index is 11.9. The standard InChI is InChI=1S/C12H14Cl2N2O3/c1-6(16-11(18)12(19)4-15-5-12)9-8(17)3-2-7(13)10(9)14/h2-3,6,15,17,19H,4-5H2,1H3,(H,16,18)/t6-/m0/s1. The van der Waals surface area contributed by atoms with E-state index in [0.29, 0.717) is 10.6 Å². The number of carbonyl (C=O) groups excluding carboxylic acids is 1. The minimum atomic E-state index is -1.39. The van der Waals surface area contributed by atoms with Gasteiger partial charge in [0, 0.05) is 18.7 Å². The lowest BCUT2D eigenvalue weighted by Gasteiger charge is -2.36. The van der Waals surface area contributed by atoms with Crippen LogP contribution >= 0.6 is 23.2 Å². The number of nitrogens with one attached hydrogen (secondary N) is 2. The molecule has 2 rings (SSSR count). The van der Waals surface area contributed by atoms with Crippen LogP contribution in [0.3, 0.4) is 0 Å². The van der Waals surface area contributed by atoms with E-state index in [0.717, 1.165) is 0 Å². The van der Waals surface area contributed by atoms with E-state index in [1.54, 1.807) is 6.92 Å². The number of phenolic OH excluding ortho intramolecular Hbond substituents is 1. The van der Waals surface area contributed by atoms with Gasteiger partial charge in [-0.15, -0.1) is 0 Å². The fourth-order valence-corrected chi connectivity index (χ4v) is 2.38. The summed E-state index contributed by atoms with van der Waals surface area (Å²) in [4.78, 5) is 11.9. The Labute approximate surface area is 120 Å². The van der Waals surface area contributed by atoms with Gasteiger partial charge in [0.15, 0.2) is 5.60 Å². The molecule has 1 amide bonds. The molecule has 1 fully saturated rings. The fourth-order valence-electron chi connectivity index (χ4n) is 1.89. The average Bonchev–Trinajstić information content (AvgIpc) is 2.31. The molecule has 104 valence electrons. The highest BCUT2D eigenvalue weighted by atomic mass is 35.5. The lowest BCUT2D eigenvalue weighted by atomic mass is 9.95. The van der Waals surface area contributed by atoms with E-state index >= 15 is 0 Å². The van der Waals surface area contributed by atoms with E-state index < -0.39 is 17.6 Å². The van der Waals surface area contributed by atoms with E-state index in [-0.39, 0.29) is 23.9 Å². The van der Waals surface area contributed by atoms with Gasteiger partial charge >= 0.3 is 0 Å². The Morgan fingerprint density at radius 2 is 2.11 bits per heavy atom. The zero-order chi connectivity index (χ0) is 14.2. The molecule has 0 radical (unpaired) electrons. The van der Waals surface area contributed by atoms with Crippen molar-refractivity contribution in [3.63, 3.8) is 0 Å². The molecule has 5 nitrogen and oxygen atoms in total. The van der Waals surface area contributed by atoms with Crippen molar-refractivity contribution in [2.24, 2.45) is 0 Å². The van der Waals surface area contributed by atoms with Gasteiger partial charge in [-0.1, -0.05) is 23.2 Å². The smallest absolute Gasteiger partial charge is 0.255 e. The quantitative estimate of drug-likeness (QED) is 0.676. The number of hydrogen-bond donors (Lipinski definition) is 4. The van der Waals surface area contributed by atoms with E-state index in [4.69, 9.17) is 23.2 Å². The number of halogens is 2. The highest BCUT2D eigenvalue weighted by molar-refractivity contribution is 6.42.